The number of nitriles is 1. The van der Waals surface area contributed by atoms with E-state index in [1.807, 2.05) is 0 Å². The van der Waals surface area contributed by atoms with Crippen LogP contribution in [0.2, 0.25) is 0 Å². The lowest BCUT2D eigenvalue weighted by atomic mass is 9.97. The summed E-state index contributed by atoms with van der Waals surface area (Å²) in [6.07, 6.45) is 7.59. The van der Waals surface area contributed by atoms with E-state index in [2.05, 4.69) is 4.72 Å². The van der Waals surface area contributed by atoms with Crippen molar-refractivity contribution < 1.29 is 8.42 Å². The average molecular weight is 244 g/mol. The maximum absolute atomic E-state index is 11.7. The molecule has 92 valence electrons. The Kier molecular flexibility index (Phi) is 5.23. The number of sulfonamides is 1. The van der Waals surface area contributed by atoms with E-state index in [1.54, 1.807) is 6.07 Å². The summed E-state index contributed by atoms with van der Waals surface area (Å²) in [4.78, 5) is 0. The molecule has 1 unspecified atom stereocenters. The van der Waals surface area contributed by atoms with Gasteiger partial charge in [-0.2, -0.15) is 5.26 Å². The van der Waals surface area contributed by atoms with Gasteiger partial charge in [-0.05, 0) is 19.8 Å². The Bertz CT molecular complexity index is 337. The van der Waals surface area contributed by atoms with Crippen molar-refractivity contribution in [3.05, 3.63) is 0 Å². The molecule has 1 atom stereocenters. The second-order valence-electron chi connectivity index (χ2n) is 4.48. The minimum atomic E-state index is -3.45. The Hall–Kier alpha value is -0.600. The Balaban J connectivity index is 2.54. The van der Waals surface area contributed by atoms with E-state index in [9.17, 15) is 8.42 Å². The van der Waals surface area contributed by atoms with Crippen LogP contribution in [0.1, 0.15) is 51.9 Å². The van der Waals surface area contributed by atoms with E-state index < -0.39 is 15.3 Å². The van der Waals surface area contributed by atoms with Crippen LogP contribution in [0.15, 0.2) is 0 Å². The van der Waals surface area contributed by atoms with Crippen molar-refractivity contribution in [2.24, 2.45) is 0 Å². The molecule has 0 aromatic carbocycles. The van der Waals surface area contributed by atoms with E-state index in [1.165, 1.54) is 26.2 Å². The molecule has 0 heterocycles. The van der Waals surface area contributed by atoms with Crippen LogP contribution in [0.5, 0.6) is 0 Å². The van der Waals surface area contributed by atoms with Crippen molar-refractivity contribution in [3.63, 3.8) is 0 Å². The Morgan fingerprint density at radius 2 is 1.69 bits per heavy atom. The van der Waals surface area contributed by atoms with Crippen molar-refractivity contribution in [2.75, 3.05) is 0 Å². The van der Waals surface area contributed by atoms with Gasteiger partial charge in [-0.1, -0.05) is 32.1 Å². The van der Waals surface area contributed by atoms with Crippen molar-refractivity contribution >= 4 is 10.0 Å². The zero-order valence-electron chi connectivity index (χ0n) is 9.78. The molecule has 0 aromatic rings. The highest BCUT2D eigenvalue weighted by molar-refractivity contribution is 7.90. The topological polar surface area (TPSA) is 70.0 Å². The largest absolute Gasteiger partial charge is 0.227 e. The minimum absolute atomic E-state index is 0.0288. The zero-order valence-corrected chi connectivity index (χ0v) is 10.6. The van der Waals surface area contributed by atoms with Crippen molar-refractivity contribution in [1.82, 2.24) is 4.72 Å². The molecule has 1 aliphatic rings. The van der Waals surface area contributed by atoms with Crippen LogP contribution in [0.3, 0.4) is 0 Å². The summed E-state index contributed by atoms with van der Waals surface area (Å²) in [5, 5.41) is 7.67. The molecular formula is C11H20N2O2S. The average Bonchev–Trinajstić information content (AvgIpc) is 2.20. The lowest BCUT2D eigenvalue weighted by Gasteiger charge is -2.21. The van der Waals surface area contributed by atoms with Gasteiger partial charge >= 0.3 is 0 Å². The molecule has 0 spiro atoms. The summed E-state index contributed by atoms with van der Waals surface area (Å²) in [6, 6.07) is 1.80. The summed E-state index contributed by atoms with van der Waals surface area (Å²) in [6.45, 7) is 1.42. The first kappa shape index (κ1) is 13.5. The van der Waals surface area contributed by atoms with Gasteiger partial charge in [-0.15, -0.1) is 0 Å². The predicted octanol–water partition coefficient (Wildman–Crippen LogP) is 1.93. The minimum Gasteiger partial charge on any atom is -0.211 e. The van der Waals surface area contributed by atoms with E-state index in [0.29, 0.717) is 0 Å². The highest BCUT2D eigenvalue weighted by atomic mass is 32.2. The van der Waals surface area contributed by atoms with Gasteiger partial charge in [0, 0.05) is 6.04 Å². The first-order valence-electron chi connectivity index (χ1n) is 5.97. The second-order valence-corrected chi connectivity index (χ2v) is 6.51. The molecule has 0 bridgehead atoms. The van der Waals surface area contributed by atoms with Gasteiger partial charge in [0.15, 0.2) is 5.25 Å². The summed E-state index contributed by atoms with van der Waals surface area (Å²) in [5.74, 6) is 0. The maximum Gasteiger partial charge on any atom is 0.227 e. The predicted molar refractivity (Wildman–Crippen MR) is 63.2 cm³/mol. The van der Waals surface area contributed by atoms with Gasteiger partial charge in [0.05, 0.1) is 6.07 Å². The SMILES string of the molecule is CC(C#N)S(=O)(=O)NC1CCCCCCC1. The molecular weight excluding hydrogens is 224 g/mol. The van der Waals surface area contributed by atoms with Crippen LogP contribution >= 0.6 is 0 Å². The smallest absolute Gasteiger partial charge is 0.211 e. The number of nitrogens with one attached hydrogen (secondary N) is 1. The molecule has 16 heavy (non-hydrogen) atoms. The first-order chi connectivity index (χ1) is 7.56. The molecule has 1 fully saturated rings. The van der Waals surface area contributed by atoms with Gasteiger partial charge < -0.3 is 0 Å². The fourth-order valence-corrected chi connectivity index (χ4v) is 3.02. The fraction of sp³-hybridized carbons (Fsp3) is 0.909. The van der Waals surface area contributed by atoms with Crippen LogP contribution in [0.25, 0.3) is 0 Å². The Labute approximate surface area is 98.1 Å². The van der Waals surface area contributed by atoms with Gasteiger partial charge in [0.1, 0.15) is 0 Å². The number of hydrogen-bond donors (Lipinski definition) is 1. The van der Waals surface area contributed by atoms with Crippen LogP contribution in [-0.2, 0) is 10.0 Å². The van der Waals surface area contributed by atoms with Crippen molar-refractivity contribution in [3.8, 4) is 6.07 Å². The third-order valence-corrected chi connectivity index (χ3v) is 4.78. The fourth-order valence-electron chi connectivity index (χ4n) is 1.98. The van der Waals surface area contributed by atoms with Crippen molar-refractivity contribution in [2.45, 2.75) is 63.2 Å². The lowest BCUT2D eigenvalue weighted by molar-refractivity contribution is 0.426. The first-order valence-corrected chi connectivity index (χ1v) is 7.51. The highest BCUT2D eigenvalue weighted by Crippen LogP contribution is 2.18. The van der Waals surface area contributed by atoms with Crippen LogP contribution in [0.4, 0.5) is 0 Å². The molecule has 1 rings (SSSR count). The van der Waals surface area contributed by atoms with Crippen LogP contribution in [0, 0.1) is 11.3 Å². The summed E-state index contributed by atoms with van der Waals surface area (Å²) in [5.41, 5.74) is 0. The molecule has 0 saturated heterocycles. The molecule has 4 nitrogen and oxygen atoms in total. The number of rotatable bonds is 3. The molecule has 1 aliphatic carbocycles. The molecule has 1 N–H and O–H groups in total. The number of nitrogens with zero attached hydrogens (tertiary/aromatic N) is 1. The maximum atomic E-state index is 11.7. The van der Waals surface area contributed by atoms with Gasteiger partial charge in [-0.3, -0.25) is 0 Å². The van der Waals surface area contributed by atoms with E-state index in [-0.39, 0.29) is 6.04 Å². The molecule has 0 radical (unpaired) electrons. The molecule has 0 aromatic heterocycles. The van der Waals surface area contributed by atoms with E-state index >= 15 is 0 Å². The van der Waals surface area contributed by atoms with Crippen LogP contribution in [-0.4, -0.2) is 19.7 Å². The third kappa shape index (κ3) is 4.11. The standard InChI is InChI=1S/C11H20N2O2S/c1-10(9-12)16(14,15)13-11-7-5-3-2-4-6-8-11/h10-11,13H,2-8H2,1H3. The van der Waals surface area contributed by atoms with Gasteiger partial charge in [-0.25, -0.2) is 13.1 Å². The Morgan fingerprint density at radius 3 is 2.19 bits per heavy atom. The second kappa shape index (κ2) is 6.21. The van der Waals surface area contributed by atoms with Crippen LogP contribution < -0.4 is 4.72 Å². The normalized spacial score (nSPS) is 21.8. The van der Waals surface area contributed by atoms with Gasteiger partial charge in [0.2, 0.25) is 10.0 Å². The highest BCUT2D eigenvalue weighted by Gasteiger charge is 2.24. The molecule has 0 aliphatic heterocycles. The summed E-state index contributed by atoms with van der Waals surface area (Å²) >= 11 is 0. The Morgan fingerprint density at radius 1 is 1.19 bits per heavy atom. The summed E-state index contributed by atoms with van der Waals surface area (Å²) in [7, 11) is -3.45. The van der Waals surface area contributed by atoms with E-state index in [4.69, 9.17) is 5.26 Å². The van der Waals surface area contributed by atoms with E-state index in [0.717, 1.165) is 25.7 Å². The number of hydrogen-bond acceptors (Lipinski definition) is 3. The molecule has 1 saturated carbocycles. The quantitative estimate of drug-likeness (QED) is 0.824. The van der Waals surface area contributed by atoms with Crippen molar-refractivity contribution in [1.29, 1.82) is 5.26 Å². The summed E-state index contributed by atoms with van der Waals surface area (Å²) < 4.78 is 26.1. The lowest BCUT2D eigenvalue weighted by Crippen LogP contribution is -2.39. The monoisotopic (exact) mass is 244 g/mol. The molecule has 5 heteroatoms. The molecule has 0 amide bonds. The van der Waals surface area contributed by atoms with Gasteiger partial charge in [0.25, 0.3) is 0 Å². The third-order valence-electron chi connectivity index (χ3n) is 3.08. The zero-order chi connectivity index (χ0) is 12.0.